The molecule has 0 atom stereocenters. The number of hydrogen-bond acceptors (Lipinski definition) is 2. The molecule has 248 valence electrons. The Hall–Kier alpha value is -5.60. The van der Waals surface area contributed by atoms with E-state index in [1.54, 1.807) is 0 Å². The maximum atomic E-state index is 6.47. The molecule has 8 aromatic rings. The summed E-state index contributed by atoms with van der Waals surface area (Å²) in [5.74, 6) is 0. The molecule has 2 nitrogen and oxygen atoms in total. The van der Waals surface area contributed by atoms with Gasteiger partial charge >= 0.3 is 0 Å². The lowest BCUT2D eigenvalue weighted by Crippen LogP contribution is -2.43. The second-order valence-electron chi connectivity index (χ2n) is 16.2. The first-order valence-corrected chi connectivity index (χ1v) is 18.2. The van der Waals surface area contributed by atoms with Gasteiger partial charge in [-0.3, -0.25) is 0 Å². The summed E-state index contributed by atoms with van der Waals surface area (Å²) in [6, 6.07) is 51.7. The molecule has 1 heterocycles. The minimum absolute atomic E-state index is 0.0562. The van der Waals surface area contributed by atoms with Crippen molar-refractivity contribution in [1.82, 2.24) is 0 Å². The molecule has 0 spiro atoms. The molecule has 0 unspecified atom stereocenters. The monoisotopic (exact) mass is 659 g/mol. The fourth-order valence-electron chi connectivity index (χ4n) is 9.29. The molecule has 0 saturated carbocycles. The first-order valence-electron chi connectivity index (χ1n) is 18.2. The summed E-state index contributed by atoms with van der Waals surface area (Å²) in [5.41, 5.74) is 15.7. The number of benzene rings is 7. The fourth-order valence-corrected chi connectivity index (χ4v) is 9.29. The first-order chi connectivity index (χ1) is 24.6. The van der Waals surface area contributed by atoms with E-state index in [4.69, 9.17) is 4.42 Å². The largest absolute Gasteiger partial charge is 0.456 e. The van der Waals surface area contributed by atoms with Crippen LogP contribution >= 0.6 is 0 Å². The molecular weight excluding hydrogens is 619 g/mol. The average Bonchev–Trinajstić information content (AvgIpc) is 3.62. The molecule has 0 amide bonds. The van der Waals surface area contributed by atoms with Gasteiger partial charge in [-0.2, -0.15) is 0 Å². The third-order valence-electron chi connectivity index (χ3n) is 12.8. The van der Waals surface area contributed by atoms with Gasteiger partial charge in [0.15, 0.2) is 0 Å². The number of rotatable bonds is 3. The highest BCUT2D eigenvalue weighted by molar-refractivity contribution is 6.06. The van der Waals surface area contributed by atoms with Crippen molar-refractivity contribution in [2.24, 2.45) is 0 Å². The van der Waals surface area contributed by atoms with Gasteiger partial charge in [-0.1, -0.05) is 133 Å². The van der Waals surface area contributed by atoms with Crippen LogP contribution in [0.5, 0.6) is 0 Å². The first kappa shape index (κ1) is 30.2. The zero-order valence-corrected chi connectivity index (χ0v) is 30.1. The molecular formula is C49H41NO. The zero-order valence-electron chi connectivity index (χ0n) is 30.1. The molecule has 0 aliphatic heterocycles. The van der Waals surface area contributed by atoms with Gasteiger partial charge in [0.05, 0.1) is 0 Å². The highest BCUT2D eigenvalue weighted by Gasteiger charge is 2.46. The number of hydrogen-bond donors (Lipinski definition) is 0. The van der Waals surface area contributed by atoms with Crippen LogP contribution in [0.1, 0.15) is 63.8 Å². The van der Waals surface area contributed by atoms with Gasteiger partial charge in [-0.15, -0.1) is 0 Å². The van der Waals surface area contributed by atoms with Crippen LogP contribution in [0.4, 0.5) is 17.1 Å². The molecule has 0 fully saturated rings. The highest BCUT2D eigenvalue weighted by atomic mass is 16.3. The smallest absolute Gasteiger partial charge is 0.137 e. The molecule has 0 N–H and O–H groups in total. The predicted octanol–water partition coefficient (Wildman–Crippen LogP) is 13.8. The van der Waals surface area contributed by atoms with Crippen molar-refractivity contribution < 1.29 is 4.42 Å². The molecule has 0 bridgehead atoms. The fraction of sp³-hybridized carbons (Fsp3) is 0.184. The van der Waals surface area contributed by atoms with Crippen molar-refractivity contribution in [2.45, 2.75) is 57.8 Å². The number of para-hydroxylation sites is 1. The SMILES string of the molecule is CC1(C)c2cc(N(c3ccc4c(c3)C(C)(C)C(C)(C)c3ccccc3-4)c3ccc4c(c3)oc3ccccc34)ccc2-c2c1ccc1ccccc21. The van der Waals surface area contributed by atoms with Gasteiger partial charge in [-0.05, 0) is 109 Å². The van der Waals surface area contributed by atoms with E-state index in [-0.39, 0.29) is 16.2 Å². The standard InChI is InChI=1S/C49H41NO/c1-47(2)41-26-19-30-13-7-8-14-34(30)46(41)39-25-22-31(27-42(39)47)50(33-21-24-38-37-16-10-12-18-44(37)51-45(38)29-33)32-20-23-36-35-15-9-11-17-40(35)48(3,4)49(5,6)43(36)28-32/h7-29H,1-6H3. The molecule has 0 radical (unpaired) electrons. The molecule has 2 heteroatoms. The van der Waals surface area contributed by atoms with Crippen molar-refractivity contribution in [3.05, 3.63) is 162 Å². The minimum atomic E-state index is -0.148. The molecule has 7 aromatic carbocycles. The quantitative estimate of drug-likeness (QED) is 0.188. The van der Waals surface area contributed by atoms with Gasteiger partial charge in [-0.25, -0.2) is 0 Å². The van der Waals surface area contributed by atoms with Crippen molar-refractivity contribution >= 4 is 49.8 Å². The average molecular weight is 660 g/mol. The van der Waals surface area contributed by atoms with Crippen LogP contribution in [-0.2, 0) is 16.2 Å². The van der Waals surface area contributed by atoms with Crippen LogP contribution in [0.15, 0.2) is 144 Å². The third-order valence-corrected chi connectivity index (χ3v) is 12.8. The van der Waals surface area contributed by atoms with E-state index in [0.717, 1.165) is 39.0 Å². The minimum Gasteiger partial charge on any atom is -0.456 e. The van der Waals surface area contributed by atoms with E-state index in [9.17, 15) is 0 Å². The number of furan rings is 1. The summed E-state index contributed by atoms with van der Waals surface area (Å²) in [7, 11) is 0. The van der Waals surface area contributed by atoms with Crippen LogP contribution in [-0.4, -0.2) is 0 Å². The Morgan fingerprint density at radius 2 is 1.00 bits per heavy atom. The molecule has 2 aliphatic rings. The lowest BCUT2D eigenvalue weighted by Gasteiger charge is -2.48. The Bertz CT molecular complexity index is 2740. The maximum Gasteiger partial charge on any atom is 0.137 e. The maximum absolute atomic E-state index is 6.47. The van der Waals surface area contributed by atoms with Crippen LogP contribution in [0.3, 0.4) is 0 Å². The van der Waals surface area contributed by atoms with Crippen LogP contribution in [0, 0.1) is 0 Å². The van der Waals surface area contributed by atoms with Gasteiger partial charge in [0.25, 0.3) is 0 Å². The Labute approximate surface area is 300 Å². The van der Waals surface area contributed by atoms with Gasteiger partial charge in [0.2, 0.25) is 0 Å². The Balaban J connectivity index is 1.21. The van der Waals surface area contributed by atoms with E-state index in [0.29, 0.717) is 0 Å². The van der Waals surface area contributed by atoms with E-state index in [2.05, 4.69) is 180 Å². The highest BCUT2D eigenvalue weighted by Crippen LogP contribution is 2.56. The second kappa shape index (κ2) is 10.2. The van der Waals surface area contributed by atoms with Crippen LogP contribution in [0.25, 0.3) is 55.0 Å². The summed E-state index contributed by atoms with van der Waals surface area (Å²) in [6.45, 7) is 14.4. The predicted molar refractivity (Wildman–Crippen MR) is 215 cm³/mol. The van der Waals surface area contributed by atoms with E-state index in [1.807, 2.05) is 6.07 Å². The normalized spacial score (nSPS) is 16.1. The Morgan fingerprint density at radius 3 is 1.82 bits per heavy atom. The number of anilines is 3. The second-order valence-corrected chi connectivity index (χ2v) is 16.2. The molecule has 2 aliphatic carbocycles. The van der Waals surface area contributed by atoms with Gasteiger partial charge < -0.3 is 9.32 Å². The van der Waals surface area contributed by atoms with Gasteiger partial charge in [0.1, 0.15) is 11.2 Å². The van der Waals surface area contributed by atoms with Crippen molar-refractivity contribution in [1.29, 1.82) is 0 Å². The van der Waals surface area contributed by atoms with E-state index < -0.39 is 0 Å². The lowest BCUT2D eigenvalue weighted by molar-refractivity contribution is 0.299. The molecule has 10 rings (SSSR count). The summed E-state index contributed by atoms with van der Waals surface area (Å²) >= 11 is 0. The van der Waals surface area contributed by atoms with Crippen LogP contribution < -0.4 is 4.90 Å². The summed E-state index contributed by atoms with van der Waals surface area (Å²) in [6.07, 6.45) is 0. The Morgan fingerprint density at radius 1 is 0.412 bits per heavy atom. The van der Waals surface area contributed by atoms with Crippen molar-refractivity contribution in [3.63, 3.8) is 0 Å². The molecule has 0 saturated heterocycles. The topological polar surface area (TPSA) is 16.4 Å². The zero-order chi connectivity index (χ0) is 34.9. The molecule has 1 aromatic heterocycles. The summed E-state index contributed by atoms with van der Waals surface area (Å²) < 4.78 is 6.47. The Kier molecular flexibility index (Phi) is 6.07. The molecule has 51 heavy (non-hydrogen) atoms. The number of fused-ring (bicyclic) bond motifs is 11. The van der Waals surface area contributed by atoms with Crippen molar-refractivity contribution in [3.8, 4) is 22.3 Å². The summed E-state index contributed by atoms with van der Waals surface area (Å²) in [5, 5.41) is 4.88. The summed E-state index contributed by atoms with van der Waals surface area (Å²) in [4.78, 5) is 2.44. The van der Waals surface area contributed by atoms with Crippen LogP contribution in [0.2, 0.25) is 0 Å². The third kappa shape index (κ3) is 4.05. The number of nitrogens with zero attached hydrogens (tertiary/aromatic N) is 1. The van der Waals surface area contributed by atoms with Gasteiger partial charge in [0, 0.05) is 39.3 Å². The van der Waals surface area contributed by atoms with Crippen molar-refractivity contribution in [2.75, 3.05) is 4.90 Å². The lowest BCUT2D eigenvalue weighted by atomic mass is 9.55. The van der Waals surface area contributed by atoms with E-state index in [1.165, 1.54) is 55.3 Å². The van der Waals surface area contributed by atoms with E-state index >= 15 is 0 Å².